The van der Waals surface area contributed by atoms with E-state index in [4.69, 9.17) is 4.98 Å². The highest BCUT2D eigenvalue weighted by molar-refractivity contribution is 5.79. The lowest BCUT2D eigenvalue weighted by Crippen LogP contribution is -2.35. The van der Waals surface area contributed by atoms with Gasteiger partial charge >= 0.3 is 0 Å². The lowest BCUT2D eigenvalue weighted by atomic mass is 9.71. The van der Waals surface area contributed by atoms with Gasteiger partial charge in [0.2, 0.25) is 0 Å². The van der Waals surface area contributed by atoms with Crippen molar-refractivity contribution in [1.82, 2.24) is 9.88 Å². The van der Waals surface area contributed by atoms with Gasteiger partial charge in [0.1, 0.15) is 5.60 Å². The second-order valence-corrected chi connectivity index (χ2v) is 8.86. The van der Waals surface area contributed by atoms with Gasteiger partial charge < -0.3 is 10.0 Å². The molecule has 3 heteroatoms. The molecule has 2 atom stereocenters. The summed E-state index contributed by atoms with van der Waals surface area (Å²) in [4.78, 5) is 6.93. The minimum atomic E-state index is -1.04. The summed E-state index contributed by atoms with van der Waals surface area (Å²) in [5.41, 5.74) is 3.01. The van der Waals surface area contributed by atoms with Crippen LogP contribution in [0.2, 0.25) is 0 Å². The Hall–Kier alpha value is -3.01. The summed E-state index contributed by atoms with van der Waals surface area (Å²) >= 11 is 0. The van der Waals surface area contributed by atoms with Gasteiger partial charge in [0.15, 0.2) is 0 Å². The summed E-state index contributed by atoms with van der Waals surface area (Å²) in [6.07, 6.45) is 4.60. The first-order valence-corrected chi connectivity index (χ1v) is 11.4. The van der Waals surface area contributed by atoms with E-state index in [1.807, 2.05) is 60.8 Å². The van der Waals surface area contributed by atoms with Gasteiger partial charge in [-0.2, -0.15) is 0 Å². The molecule has 164 valence electrons. The summed E-state index contributed by atoms with van der Waals surface area (Å²) in [6, 6.07) is 30.9. The van der Waals surface area contributed by atoms with E-state index in [9.17, 15) is 5.11 Å². The Labute approximate surface area is 191 Å². The van der Waals surface area contributed by atoms with Gasteiger partial charge in [-0.25, -0.2) is 0 Å². The molecular weight excluding hydrogens is 392 g/mol. The average Bonchev–Trinajstić information content (AvgIpc) is 2.83. The molecule has 0 saturated heterocycles. The number of pyridine rings is 1. The van der Waals surface area contributed by atoms with Gasteiger partial charge in [0, 0.05) is 17.5 Å². The number of nitrogens with zero attached hydrogens (tertiary/aromatic N) is 2. The van der Waals surface area contributed by atoms with E-state index in [-0.39, 0.29) is 5.92 Å². The van der Waals surface area contributed by atoms with Crippen LogP contribution in [0.1, 0.15) is 41.9 Å². The molecule has 0 spiro atoms. The third-order valence-electron chi connectivity index (χ3n) is 6.24. The van der Waals surface area contributed by atoms with E-state index in [1.165, 1.54) is 0 Å². The second-order valence-electron chi connectivity index (χ2n) is 8.86. The fourth-order valence-electron chi connectivity index (χ4n) is 4.64. The minimum Gasteiger partial charge on any atom is -0.384 e. The summed E-state index contributed by atoms with van der Waals surface area (Å²) < 4.78 is 0. The van der Waals surface area contributed by atoms with Crippen LogP contribution in [-0.4, -0.2) is 35.6 Å². The number of aromatic nitrogens is 1. The van der Waals surface area contributed by atoms with Crippen LogP contribution in [0.3, 0.4) is 0 Å². The topological polar surface area (TPSA) is 36.4 Å². The maximum absolute atomic E-state index is 12.4. The van der Waals surface area contributed by atoms with Crippen molar-refractivity contribution in [2.45, 2.75) is 30.8 Å². The standard InChI is InChI=1S/C29H32N2O/c1-31(2)20-12-11-19-29(32,26-16-7-4-8-17-26)28(23-13-5-3-6-14-23)25-21-24-15-9-10-18-27(24)30-22-25/h3-10,13-18,21-22,28,32H,11-12,19-20H2,1-2H3. The SMILES string of the molecule is CN(C)CCCCC(O)(c1ccccc1)C(c1ccccc1)c1cnc2ccccc2c1. The number of unbranched alkanes of at least 4 members (excludes halogenated alkanes) is 1. The smallest absolute Gasteiger partial charge is 0.101 e. The van der Waals surface area contributed by atoms with Crippen LogP contribution in [-0.2, 0) is 5.60 Å². The fraction of sp³-hybridized carbons (Fsp3) is 0.276. The van der Waals surface area contributed by atoms with Crippen LogP contribution in [0, 0.1) is 0 Å². The van der Waals surface area contributed by atoms with E-state index < -0.39 is 5.60 Å². The Morgan fingerprint density at radius 2 is 1.47 bits per heavy atom. The Morgan fingerprint density at radius 1 is 0.812 bits per heavy atom. The largest absolute Gasteiger partial charge is 0.384 e. The van der Waals surface area contributed by atoms with Crippen LogP contribution < -0.4 is 0 Å². The first-order chi connectivity index (χ1) is 15.6. The zero-order chi connectivity index (χ0) is 22.4. The number of hydrogen-bond acceptors (Lipinski definition) is 3. The highest BCUT2D eigenvalue weighted by atomic mass is 16.3. The van der Waals surface area contributed by atoms with Crippen LogP contribution in [0.5, 0.6) is 0 Å². The molecule has 0 fully saturated rings. The van der Waals surface area contributed by atoms with Gasteiger partial charge in [-0.15, -0.1) is 0 Å². The molecule has 32 heavy (non-hydrogen) atoms. The van der Waals surface area contributed by atoms with Crippen molar-refractivity contribution < 1.29 is 5.11 Å². The number of aliphatic hydroxyl groups is 1. The number of hydrogen-bond donors (Lipinski definition) is 1. The van der Waals surface area contributed by atoms with Gasteiger partial charge in [0.05, 0.1) is 5.52 Å². The molecule has 1 aromatic heterocycles. The van der Waals surface area contributed by atoms with Crippen molar-refractivity contribution in [1.29, 1.82) is 0 Å². The molecule has 0 amide bonds. The Morgan fingerprint density at radius 3 is 2.19 bits per heavy atom. The predicted octanol–water partition coefficient (Wildman–Crippen LogP) is 5.99. The Balaban J connectivity index is 1.82. The lowest BCUT2D eigenvalue weighted by Gasteiger charge is -2.38. The molecule has 3 aromatic carbocycles. The molecule has 0 aliphatic rings. The van der Waals surface area contributed by atoms with Crippen LogP contribution in [0.25, 0.3) is 10.9 Å². The molecule has 0 bridgehead atoms. The van der Waals surface area contributed by atoms with Crippen LogP contribution in [0.15, 0.2) is 97.2 Å². The van der Waals surface area contributed by atoms with Crippen LogP contribution >= 0.6 is 0 Å². The maximum atomic E-state index is 12.4. The number of benzene rings is 3. The summed E-state index contributed by atoms with van der Waals surface area (Å²) in [6.45, 7) is 1.01. The van der Waals surface area contributed by atoms with Gasteiger partial charge in [-0.05, 0) is 68.7 Å². The molecule has 1 heterocycles. The molecule has 4 rings (SSSR count). The van der Waals surface area contributed by atoms with Gasteiger partial charge in [-0.1, -0.05) is 78.9 Å². The molecular formula is C29H32N2O. The molecule has 0 aliphatic heterocycles. The molecule has 1 N–H and O–H groups in total. The first kappa shape index (κ1) is 22.2. The number of fused-ring (bicyclic) bond motifs is 1. The van der Waals surface area contributed by atoms with E-state index in [0.717, 1.165) is 47.0 Å². The van der Waals surface area contributed by atoms with E-state index in [2.05, 4.69) is 55.4 Å². The average molecular weight is 425 g/mol. The zero-order valence-electron chi connectivity index (χ0n) is 19.0. The normalized spacial score (nSPS) is 14.4. The summed E-state index contributed by atoms with van der Waals surface area (Å²) in [5, 5.41) is 13.5. The van der Waals surface area contributed by atoms with Crippen molar-refractivity contribution in [3.8, 4) is 0 Å². The van der Waals surface area contributed by atoms with Crippen molar-refractivity contribution in [3.05, 3.63) is 114 Å². The molecule has 4 aromatic rings. The maximum Gasteiger partial charge on any atom is 0.101 e. The number of rotatable bonds is 9. The van der Waals surface area contributed by atoms with E-state index >= 15 is 0 Å². The quantitative estimate of drug-likeness (QED) is 0.336. The van der Waals surface area contributed by atoms with Gasteiger partial charge in [-0.3, -0.25) is 4.98 Å². The molecule has 0 radical (unpaired) electrons. The Kier molecular flexibility index (Phi) is 6.99. The number of para-hydroxylation sites is 1. The third-order valence-corrected chi connectivity index (χ3v) is 6.24. The van der Waals surface area contributed by atoms with Crippen LogP contribution in [0.4, 0.5) is 0 Å². The lowest BCUT2D eigenvalue weighted by molar-refractivity contribution is 0.00744. The van der Waals surface area contributed by atoms with Gasteiger partial charge in [0.25, 0.3) is 0 Å². The summed E-state index contributed by atoms with van der Waals surface area (Å²) in [7, 11) is 4.19. The minimum absolute atomic E-state index is 0.220. The zero-order valence-corrected chi connectivity index (χ0v) is 19.0. The first-order valence-electron chi connectivity index (χ1n) is 11.4. The fourth-order valence-corrected chi connectivity index (χ4v) is 4.64. The van der Waals surface area contributed by atoms with E-state index in [0.29, 0.717) is 6.42 Å². The van der Waals surface area contributed by atoms with E-state index in [1.54, 1.807) is 0 Å². The van der Waals surface area contributed by atoms with Crippen molar-refractivity contribution >= 4 is 10.9 Å². The molecule has 0 saturated carbocycles. The molecule has 0 aliphatic carbocycles. The highest BCUT2D eigenvalue weighted by Crippen LogP contribution is 2.45. The van der Waals surface area contributed by atoms with Crippen molar-refractivity contribution in [2.75, 3.05) is 20.6 Å². The summed E-state index contributed by atoms with van der Waals surface area (Å²) in [5.74, 6) is -0.220. The predicted molar refractivity (Wildman–Crippen MR) is 133 cm³/mol. The van der Waals surface area contributed by atoms with Crippen molar-refractivity contribution in [3.63, 3.8) is 0 Å². The molecule has 2 unspecified atom stereocenters. The second kappa shape index (κ2) is 10.1. The Bertz CT molecular complexity index is 1130. The monoisotopic (exact) mass is 424 g/mol. The third kappa shape index (κ3) is 4.90. The highest BCUT2D eigenvalue weighted by Gasteiger charge is 2.40. The molecule has 3 nitrogen and oxygen atoms in total. The van der Waals surface area contributed by atoms with Crippen molar-refractivity contribution in [2.24, 2.45) is 0 Å².